The zero-order valence-electron chi connectivity index (χ0n) is 14.6. The monoisotopic (exact) mass is 342 g/mol. The smallest absolute Gasteiger partial charge is 0.240 e. The third-order valence-electron chi connectivity index (χ3n) is 5.30. The lowest BCUT2D eigenvalue weighted by Gasteiger charge is -2.29. The van der Waals surface area contributed by atoms with Crippen LogP contribution in [0.25, 0.3) is 0 Å². The van der Waals surface area contributed by atoms with Crippen molar-refractivity contribution in [3.05, 3.63) is 35.9 Å². The molecule has 0 spiro atoms. The van der Waals surface area contributed by atoms with Gasteiger partial charge < -0.3 is 0 Å². The zero-order valence-corrected chi connectivity index (χ0v) is 14.6. The Kier molecular flexibility index (Phi) is 5.97. The van der Waals surface area contributed by atoms with E-state index >= 15 is 0 Å². The van der Waals surface area contributed by atoms with Gasteiger partial charge in [-0.1, -0.05) is 49.6 Å². The van der Waals surface area contributed by atoms with E-state index in [1.54, 1.807) is 0 Å². The Balaban J connectivity index is 1.69. The number of carbonyl (C=O) groups excluding carboxylic acids is 3. The molecule has 1 heterocycles. The fraction of sp³-hybridized carbons (Fsp3) is 0.550. The lowest BCUT2D eigenvalue weighted by Crippen LogP contribution is -2.51. The van der Waals surface area contributed by atoms with E-state index in [1.807, 2.05) is 35.2 Å². The van der Waals surface area contributed by atoms with Gasteiger partial charge >= 0.3 is 0 Å². The van der Waals surface area contributed by atoms with Crippen LogP contribution in [0.4, 0.5) is 0 Å². The predicted molar refractivity (Wildman–Crippen MR) is 95.0 cm³/mol. The number of ketones is 1. The molecule has 25 heavy (non-hydrogen) atoms. The van der Waals surface area contributed by atoms with E-state index in [0.717, 1.165) is 31.2 Å². The summed E-state index contributed by atoms with van der Waals surface area (Å²) < 4.78 is 0. The van der Waals surface area contributed by atoms with Gasteiger partial charge in [-0.05, 0) is 24.8 Å². The fourth-order valence-corrected chi connectivity index (χ4v) is 4.00. The molecular weight excluding hydrogens is 316 g/mol. The summed E-state index contributed by atoms with van der Waals surface area (Å²) in [5, 5.41) is 2.32. The highest BCUT2D eigenvalue weighted by Gasteiger charge is 2.30. The minimum absolute atomic E-state index is 0.149. The predicted octanol–water partition coefficient (Wildman–Crippen LogP) is 2.27. The number of carbonyl (C=O) groups is 3. The largest absolute Gasteiger partial charge is 0.299 e. The van der Waals surface area contributed by atoms with Crippen molar-refractivity contribution in [2.24, 2.45) is 5.92 Å². The summed E-state index contributed by atoms with van der Waals surface area (Å²) in [4.78, 5) is 38.1. The number of Topliss-reactive ketones (excluding diaryl/α,β-unsaturated/α-hetero) is 1. The highest BCUT2D eigenvalue weighted by Crippen LogP contribution is 2.32. The van der Waals surface area contributed by atoms with E-state index < -0.39 is 0 Å². The molecule has 2 fully saturated rings. The van der Waals surface area contributed by atoms with E-state index in [0.29, 0.717) is 18.7 Å². The SMILES string of the molecule is O=C1CN(CCC(C(=O)C2CCCCC2)c2ccccc2)CC(=O)N1. The molecule has 0 aromatic heterocycles. The highest BCUT2D eigenvalue weighted by atomic mass is 16.2. The normalized spacial score (nSPS) is 21.0. The summed E-state index contributed by atoms with van der Waals surface area (Å²) in [7, 11) is 0. The van der Waals surface area contributed by atoms with Crippen LogP contribution in [-0.2, 0) is 14.4 Å². The fourth-order valence-electron chi connectivity index (χ4n) is 4.00. The lowest BCUT2D eigenvalue weighted by molar-refractivity contribution is -0.136. The minimum atomic E-state index is -0.258. The second-order valence-electron chi connectivity index (χ2n) is 7.17. The van der Waals surface area contributed by atoms with Crippen molar-refractivity contribution in [1.82, 2.24) is 10.2 Å². The van der Waals surface area contributed by atoms with Crippen molar-refractivity contribution in [2.45, 2.75) is 44.4 Å². The number of imide groups is 1. The molecule has 1 atom stereocenters. The molecule has 3 rings (SSSR count). The number of amides is 2. The summed E-state index contributed by atoms with van der Waals surface area (Å²) in [5.74, 6) is -0.175. The number of nitrogens with zero attached hydrogens (tertiary/aromatic N) is 1. The van der Waals surface area contributed by atoms with Crippen molar-refractivity contribution in [1.29, 1.82) is 0 Å². The van der Waals surface area contributed by atoms with Crippen LogP contribution < -0.4 is 5.32 Å². The molecule has 1 aromatic carbocycles. The summed E-state index contributed by atoms with van der Waals surface area (Å²) >= 11 is 0. The van der Waals surface area contributed by atoms with E-state index in [2.05, 4.69) is 5.32 Å². The molecule has 1 aliphatic carbocycles. The molecule has 1 saturated carbocycles. The van der Waals surface area contributed by atoms with Gasteiger partial charge in [-0.2, -0.15) is 0 Å². The molecule has 2 aliphatic rings. The molecule has 1 aliphatic heterocycles. The van der Waals surface area contributed by atoms with Crippen molar-refractivity contribution in [3.8, 4) is 0 Å². The van der Waals surface area contributed by atoms with Crippen LogP contribution in [-0.4, -0.2) is 42.1 Å². The van der Waals surface area contributed by atoms with Gasteiger partial charge in [0.05, 0.1) is 13.1 Å². The van der Waals surface area contributed by atoms with Gasteiger partial charge in [-0.15, -0.1) is 0 Å². The van der Waals surface area contributed by atoms with Crippen LogP contribution in [0.5, 0.6) is 0 Å². The highest BCUT2D eigenvalue weighted by molar-refractivity contribution is 5.99. The quantitative estimate of drug-likeness (QED) is 0.806. The molecular formula is C20H26N2O3. The van der Waals surface area contributed by atoms with Crippen LogP contribution in [0.1, 0.15) is 50.0 Å². The van der Waals surface area contributed by atoms with Crippen molar-refractivity contribution in [3.63, 3.8) is 0 Å². The van der Waals surface area contributed by atoms with Gasteiger partial charge in [0.1, 0.15) is 5.78 Å². The number of hydrogen-bond donors (Lipinski definition) is 1. The Bertz CT molecular complexity index is 607. The maximum absolute atomic E-state index is 13.1. The van der Waals surface area contributed by atoms with Gasteiger partial charge in [0.15, 0.2) is 0 Å². The first-order chi connectivity index (χ1) is 12.1. The maximum atomic E-state index is 13.1. The molecule has 5 nitrogen and oxygen atoms in total. The summed E-state index contributed by atoms with van der Waals surface area (Å²) in [6.45, 7) is 1.03. The van der Waals surface area contributed by atoms with Gasteiger partial charge in [0.2, 0.25) is 11.8 Å². The first kappa shape index (κ1) is 17.8. The topological polar surface area (TPSA) is 66.5 Å². The van der Waals surface area contributed by atoms with Crippen LogP contribution >= 0.6 is 0 Å². The zero-order chi connectivity index (χ0) is 17.6. The third-order valence-corrected chi connectivity index (χ3v) is 5.30. The number of rotatable bonds is 6. The first-order valence-electron chi connectivity index (χ1n) is 9.27. The van der Waals surface area contributed by atoms with Crippen LogP contribution in [0, 0.1) is 5.92 Å². The molecule has 2 amide bonds. The lowest BCUT2D eigenvalue weighted by atomic mass is 9.78. The van der Waals surface area contributed by atoms with Crippen molar-refractivity contribution >= 4 is 17.6 Å². The summed E-state index contributed by atoms with van der Waals surface area (Å²) in [6.07, 6.45) is 6.14. The molecule has 0 radical (unpaired) electrons. The van der Waals surface area contributed by atoms with E-state index in [9.17, 15) is 14.4 Å². The van der Waals surface area contributed by atoms with Gasteiger partial charge in [-0.25, -0.2) is 0 Å². The Morgan fingerprint density at radius 3 is 2.32 bits per heavy atom. The average Bonchev–Trinajstić information content (AvgIpc) is 2.62. The number of hydrogen-bond acceptors (Lipinski definition) is 4. The van der Waals surface area contributed by atoms with E-state index in [-0.39, 0.29) is 36.7 Å². The number of benzene rings is 1. The second kappa shape index (κ2) is 8.39. The van der Waals surface area contributed by atoms with E-state index in [1.165, 1.54) is 6.42 Å². The molecule has 0 bridgehead atoms. The Labute approximate surface area is 148 Å². The standard InChI is InChI=1S/C20H26N2O3/c23-18-13-22(14-19(24)21-18)12-11-17(15-7-3-1-4-8-15)20(25)16-9-5-2-6-10-16/h1,3-4,7-8,16-17H,2,5-6,9-14H2,(H,21,23,24). The molecule has 5 heteroatoms. The van der Waals surface area contributed by atoms with Crippen molar-refractivity contribution < 1.29 is 14.4 Å². The van der Waals surface area contributed by atoms with Gasteiger partial charge in [0.25, 0.3) is 0 Å². The first-order valence-corrected chi connectivity index (χ1v) is 9.27. The Hall–Kier alpha value is -2.01. The molecule has 1 unspecified atom stereocenters. The summed E-state index contributed by atoms with van der Waals surface area (Å²) in [6, 6.07) is 9.92. The molecule has 1 saturated heterocycles. The molecule has 1 N–H and O–H groups in total. The van der Waals surface area contributed by atoms with Crippen LogP contribution in [0.2, 0.25) is 0 Å². The Morgan fingerprint density at radius 2 is 1.68 bits per heavy atom. The number of piperazine rings is 1. The van der Waals surface area contributed by atoms with Gasteiger partial charge in [0, 0.05) is 18.4 Å². The van der Waals surface area contributed by atoms with Crippen molar-refractivity contribution in [2.75, 3.05) is 19.6 Å². The van der Waals surface area contributed by atoms with Crippen LogP contribution in [0.3, 0.4) is 0 Å². The molecule has 1 aromatic rings. The maximum Gasteiger partial charge on any atom is 0.240 e. The number of nitrogens with one attached hydrogen (secondary N) is 1. The molecule has 134 valence electrons. The van der Waals surface area contributed by atoms with Crippen LogP contribution in [0.15, 0.2) is 30.3 Å². The second-order valence-corrected chi connectivity index (χ2v) is 7.17. The van der Waals surface area contributed by atoms with Gasteiger partial charge in [-0.3, -0.25) is 24.6 Å². The minimum Gasteiger partial charge on any atom is -0.299 e. The average molecular weight is 342 g/mol. The van der Waals surface area contributed by atoms with E-state index in [4.69, 9.17) is 0 Å². The third kappa shape index (κ3) is 4.75. The summed E-state index contributed by atoms with van der Waals surface area (Å²) in [5.41, 5.74) is 1.05. The Morgan fingerprint density at radius 1 is 1.04 bits per heavy atom.